The Labute approximate surface area is 127 Å². The van der Waals surface area contributed by atoms with E-state index in [9.17, 15) is 0 Å². The Morgan fingerprint density at radius 2 is 2.25 bits per heavy atom. The summed E-state index contributed by atoms with van der Waals surface area (Å²) in [6.07, 6.45) is 1.91. The van der Waals surface area contributed by atoms with Crippen molar-refractivity contribution in [2.45, 2.75) is 39.0 Å². The van der Waals surface area contributed by atoms with Crippen LogP contribution < -0.4 is 10.2 Å². The molecule has 1 N–H and O–H groups in total. The van der Waals surface area contributed by atoms with E-state index in [2.05, 4.69) is 60.7 Å². The Balaban J connectivity index is 2.07. The molecule has 112 valence electrons. The van der Waals surface area contributed by atoms with Gasteiger partial charge in [0.15, 0.2) is 0 Å². The fourth-order valence-corrected chi connectivity index (χ4v) is 3.66. The van der Waals surface area contributed by atoms with E-state index >= 15 is 0 Å². The summed E-state index contributed by atoms with van der Waals surface area (Å²) in [4.78, 5) is 7.09. The molecule has 1 aliphatic heterocycles. The molecule has 0 saturated carbocycles. The van der Waals surface area contributed by atoms with Gasteiger partial charge < -0.3 is 10.2 Å². The maximum absolute atomic E-state index is 4.64. The van der Waals surface area contributed by atoms with E-state index in [-0.39, 0.29) is 0 Å². The minimum atomic E-state index is 0.318. The third-order valence-corrected chi connectivity index (χ3v) is 4.76. The summed E-state index contributed by atoms with van der Waals surface area (Å²) in [5, 5.41) is 3.53. The van der Waals surface area contributed by atoms with Crippen LogP contribution in [0.1, 0.15) is 33.3 Å². The van der Waals surface area contributed by atoms with Crippen molar-refractivity contribution < 1.29 is 0 Å². The second kappa shape index (κ2) is 6.81. The molecule has 20 heavy (non-hydrogen) atoms. The highest BCUT2D eigenvalue weighted by molar-refractivity contribution is 8.00. The normalized spacial score (nSPS) is 18.6. The molecule has 4 heteroatoms. The van der Waals surface area contributed by atoms with Gasteiger partial charge in [0, 0.05) is 41.9 Å². The standard InChI is InChI=1S/C16H27N3S/c1-13(2)10-17-11-14-6-5-7-18-15(14)19-8-9-20-16(3,4)12-19/h5-7,13,17H,8-12H2,1-4H3. The molecule has 1 aromatic heterocycles. The van der Waals surface area contributed by atoms with E-state index in [4.69, 9.17) is 0 Å². The van der Waals surface area contributed by atoms with Crippen LogP contribution in [0.25, 0.3) is 0 Å². The zero-order chi connectivity index (χ0) is 14.6. The highest BCUT2D eigenvalue weighted by Gasteiger charge is 2.28. The Morgan fingerprint density at radius 3 is 2.95 bits per heavy atom. The Kier molecular flexibility index (Phi) is 5.33. The highest BCUT2D eigenvalue weighted by Crippen LogP contribution is 2.32. The molecule has 2 heterocycles. The van der Waals surface area contributed by atoms with Crippen LogP contribution in [0.2, 0.25) is 0 Å². The zero-order valence-corrected chi connectivity index (χ0v) is 14.0. The smallest absolute Gasteiger partial charge is 0.133 e. The molecule has 0 unspecified atom stereocenters. The molecule has 3 nitrogen and oxygen atoms in total. The van der Waals surface area contributed by atoms with Crippen molar-refractivity contribution in [2.75, 3.05) is 30.3 Å². The maximum atomic E-state index is 4.64. The van der Waals surface area contributed by atoms with Crippen molar-refractivity contribution in [2.24, 2.45) is 5.92 Å². The van der Waals surface area contributed by atoms with Crippen molar-refractivity contribution in [1.29, 1.82) is 0 Å². The second-order valence-corrected chi connectivity index (χ2v) is 8.34. The van der Waals surface area contributed by atoms with Crippen LogP contribution in [0.15, 0.2) is 18.3 Å². The number of nitrogens with one attached hydrogen (secondary N) is 1. The third kappa shape index (κ3) is 4.38. The topological polar surface area (TPSA) is 28.2 Å². The van der Waals surface area contributed by atoms with Gasteiger partial charge in [-0.05, 0) is 32.4 Å². The van der Waals surface area contributed by atoms with Gasteiger partial charge in [-0.1, -0.05) is 19.9 Å². The molecular weight excluding hydrogens is 266 g/mol. The van der Waals surface area contributed by atoms with Crippen molar-refractivity contribution >= 4 is 17.6 Å². The summed E-state index contributed by atoms with van der Waals surface area (Å²) < 4.78 is 0.318. The van der Waals surface area contributed by atoms with E-state index in [1.807, 2.05) is 12.3 Å². The first-order valence-electron chi connectivity index (χ1n) is 7.51. The number of nitrogens with zero attached hydrogens (tertiary/aromatic N) is 2. The van der Waals surface area contributed by atoms with Gasteiger partial charge in [-0.3, -0.25) is 0 Å². The number of rotatable bonds is 5. The lowest BCUT2D eigenvalue weighted by atomic mass is 10.1. The average Bonchev–Trinajstić information content (AvgIpc) is 2.37. The molecule has 0 radical (unpaired) electrons. The number of hydrogen-bond donors (Lipinski definition) is 1. The van der Waals surface area contributed by atoms with Crippen LogP contribution in [0.4, 0.5) is 5.82 Å². The number of thioether (sulfide) groups is 1. The Bertz CT molecular complexity index is 431. The maximum Gasteiger partial charge on any atom is 0.133 e. The lowest BCUT2D eigenvalue weighted by molar-refractivity contribution is 0.550. The number of anilines is 1. The molecule has 0 spiro atoms. The molecular formula is C16H27N3S. The minimum Gasteiger partial charge on any atom is -0.354 e. The second-order valence-electron chi connectivity index (χ2n) is 6.54. The number of hydrogen-bond acceptors (Lipinski definition) is 4. The fraction of sp³-hybridized carbons (Fsp3) is 0.688. The van der Waals surface area contributed by atoms with E-state index in [0.29, 0.717) is 10.7 Å². The average molecular weight is 293 g/mol. The fourth-order valence-electron chi connectivity index (χ4n) is 2.55. The van der Waals surface area contributed by atoms with Gasteiger partial charge in [0.2, 0.25) is 0 Å². The van der Waals surface area contributed by atoms with E-state index in [1.54, 1.807) is 0 Å². The van der Waals surface area contributed by atoms with Crippen molar-refractivity contribution in [1.82, 2.24) is 10.3 Å². The van der Waals surface area contributed by atoms with Gasteiger partial charge in [0.05, 0.1) is 0 Å². The lowest BCUT2D eigenvalue weighted by Gasteiger charge is -2.39. The molecule has 0 atom stereocenters. The first-order chi connectivity index (χ1) is 9.48. The first-order valence-corrected chi connectivity index (χ1v) is 8.50. The summed E-state index contributed by atoms with van der Waals surface area (Å²) in [5.41, 5.74) is 1.32. The summed E-state index contributed by atoms with van der Waals surface area (Å²) >= 11 is 2.06. The lowest BCUT2D eigenvalue weighted by Crippen LogP contribution is -2.44. The SMILES string of the molecule is CC(C)CNCc1cccnc1N1CCSC(C)(C)C1. The van der Waals surface area contributed by atoms with Gasteiger partial charge in [0.1, 0.15) is 5.82 Å². The van der Waals surface area contributed by atoms with Crippen LogP contribution in [0.5, 0.6) is 0 Å². The zero-order valence-electron chi connectivity index (χ0n) is 13.1. The summed E-state index contributed by atoms with van der Waals surface area (Å²) in [5.74, 6) is 3.03. The quantitative estimate of drug-likeness (QED) is 0.902. The van der Waals surface area contributed by atoms with Crippen LogP contribution in [0, 0.1) is 5.92 Å². The van der Waals surface area contributed by atoms with Crippen LogP contribution in [-0.4, -0.2) is 35.1 Å². The molecule has 1 fully saturated rings. The van der Waals surface area contributed by atoms with Crippen LogP contribution >= 0.6 is 11.8 Å². The van der Waals surface area contributed by atoms with Crippen molar-refractivity contribution in [3.63, 3.8) is 0 Å². The predicted molar refractivity (Wildman–Crippen MR) is 89.5 cm³/mol. The predicted octanol–water partition coefficient (Wildman–Crippen LogP) is 3.16. The molecule has 0 bridgehead atoms. The molecule has 0 aliphatic carbocycles. The molecule has 1 aromatic rings. The van der Waals surface area contributed by atoms with Crippen LogP contribution in [0.3, 0.4) is 0 Å². The van der Waals surface area contributed by atoms with Crippen molar-refractivity contribution in [3.8, 4) is 0 Å². The van der Waals surface area contributed by atoms with E-state index < -0.39 is 0 Å². The molecule has 1 aliphatic rings. The molecule has 1 saturated heterocycles. The molecule has 0 aromatic carbocycles. The van der Waals surface area contributed by atoms with Crippen LogP contribution in [-0.2, 0) is 6.54 Å². The molecule has 0 amide bonds. The van der Waals surface area contributed by atoms with Crippen molar-refractivity contribution in [3.05, 3.63) is 23.9 Å². The van der Waals surface area contributed by atoms with Gasteiger partial charge in [-0.2, -0.15) is 11.8 Å². The van der Waals surface area contributed by atoms with E-state index in [0.717, 1.165) is 32.0 Å². The molecule has 2 rings (SSSR count). The minimum absolute atomic E-state index is 0.318. The summed E-state index contributed by atoms with van der Waals surface area (Å²) in [7, 11) is 0. The summed E-state index contributed by atoms with van der Waals surface area (Å²) in [6, 6.07) is 4.24. The summed E-state index contributed by atoms with van der Waals surface area (Å²) in [6.45, 7) is 13.3. The van der Waals surface area contributed by atoms with Gasteiger partial charge in [-0.25, -0.2) is 4.98 Å². The number of aromatic nitrogens is 1. The van der Waals surface area contributed by atoms with E-state index in [1.165, 1.54) is 11.3 Å². The number of pyridine rings is 1. The third-order valence-electron chi connectivity index (χ3n) is 3.46. The highest BCUT2D eigenvalue weighted by atomic mass is 32.2. The van der Waals surface area contributed by atoms with Gasteiger partial charge in [-0.15, -0.1) is 0 Å². The Hall–Kier alpha value is -0.740. The monoisotopic (exact) mass is 293 g/mol. The largest absolute Gasteiger partial charge is 0.354 e. The first kappa shape index (κ1) is 15.6. The van der Waals surface area contributed by atoms with Gasteiger partial charge in [0.25, 0.3) is 0 Å². The Morgan fingerprint density at radius 1 is 1.45 bits per heavy atom. The van der Waals surface area contributed by atoms with Gasteiger partial charge >= 0.3 is 0 Å².